The number of hydrogen-bond donors (Lipinski definition) is 0. The van der Waals surface area contributed by atoms with Gasteiger partial charge in [-0.1, -0.05) is 13.3 Å². The number of ether oxygens (including phenoxy) is 1. The zero-order valence-electron chi connectivity index (χ0n) is 11.7. The first-order valence-corrected chi connectivity index (χ1v) is 7.25. The van der Waals surface area contributed by atoms with Crippen molar-refractivity contribution in [1.29, 1.82) is 0 Å². The second kappa shape index (κ2) is 7.29. The summed E-state index contributed by atoms with van der Waals surface area (Å²) in [4.78, 5) is 13.1. The summed E-state index contributed by atoms with van der Waals surface area (Å²) in [5.41, 5.74) is 0.689. The lowest BCUT2D eigenvalue weighted by Gasteiger charge is -2.34. The van der Waals surface area contributed by atoms with Gasteiger partial charge >= 0.3 is 0 Å². The van der Waals surface area contributed by atoms with E-state index in [4.69, 9.17) is 4.74 Å². The topological polar surface area (TPSA) is 29.5 Å². The van der Waals surface area contributed by atoms with Gasteiger partial charge in [0.2, 0.25) is 0 Å². The van der Waals surface area contributed by atoms with E-state index in [9.17, 15) is 4.79 Å². The number of likely N-dealkylation sites (tertiary alicyclic amines) is 1. The van der Waals surface area contributed by atoms with Crippen molar-refractivity contribution in [3.8, 4) is 5.75 Å². The molecule has 2 rings (SSSR count). The number of carbonyl (C=O) groups is 1. The number of aldehydes is 1. The fourth-order valence-electron chi connectivity index (χ4n) is 2.74. The fourth-order valence-corrected chi connectivity index (χ4v) is 2.74. The summed E-state index contributed by atoms with van der Waals surface area (Å²) >= 11 is 0. The monoisotopic (exact) mass is 261 g/mol. The number of carbonyl (C=O) groups excluding carboxylic acids is 1. The van der Waals surface area contributed by atoms with Crippen molar-refractivity contribution in [2.24, 2.45) is 0 Å². The number of hydrogen-bond acceptors (Lipinski definition) is 3. The molecule has 0 aliphatic carbocycles. The van der Waals surface area contributed by atoms with Gasteiger partial charge in [-0.05, 0) is 50.1 Å². The van der Waals surface area contributed by atoms with E-state index in [0.717, 1.165) is 31.2 Å². The molecule has 0 spiro atoms. The van der Waals surface area contributed by atoms with Gasteiger partial charge in [-0.2, -0.15) is 0 Å². The predicted octanol–water partition coefficient (Wildman–Crippen LogP) is 3.14. The summed E-state index contributed by atoms with van der Waals surface area (Å²) in [6.45, 7) is 5.18. The van der Waals surface area contributed by atoms with Gasteiger partial charge in [-0.3, -0.25) is 9.69 Å². The number of rotatable bonds is 6. The first-order valence-electron chi connectivity index (χ1n) is 7.25. The van der Waals surface area contributed by atoms with E-state index in [2.05, 4.69) is 11.8 Å². The lowest BCUT2D eigenvalue weighted by Crippen LogP contribution is -2.41. The van der Waals surface area contributed by atoms with Gasteiger partial charge in [-0.15, -0.1) is 0 Å². The summed E-state index contributed by atoms with van der Waals surface area (Å²) in [7, 11) is 0. The highest BCUT2D eigenvalue weighted by molar-refractivity contribution is 5.74. The summed E-state index contributed by atoms with van der Waals surface area (Å²) < 4.78 is 5.74. The van der Waals surface area contributed by atoms with Crippen molar-refractivity contribution >= 4 is 6.29 Å². The third-order valence-corrected chi connectivity index (χ3v) is 3.88. The maximum atomic E-state index is 10.6. The molecular weight excluding hydrogens is 238 g/mol. The minimum Gasteiger partial charge on any atom is -0.492 e. The first kappa shape index (κ1) is 14.1. The van der Waals surface area contributed by atoms with E-state index in [1.807, 2.05) is 12.1 Å². The van der Waals surface area contributed by atoms with Crippen LogP contribution in [0.15, 0.2) is 24.3 Å². The van der Waals surface area contributed by atoms with Gasteiger partial charge in [0.15, 0.2) is 0 Å². The smallest absolute Gasteiger partial charge is 0.150 e. The maximum Gasteiger partial charge on any atom is 0.150 e. The Morgan fingerprint density at radius 3 is 2.79 bits per heavy atom. The average Bonchev–Trinajstić information content (AvgIpc) is 2.48. The van der Waals surface area contributed by atoms with E-state index in [-0.39, 0.29) is 0 Å². The maximum absolute atomic E-state index is 10.6. The van der Waals surface area contributed by atoms with Crippen LogP contribution >= 0.6 is 0 Å². The van der Waals surface area contributed by atoms with Gasteiger partial charge in [0.25, 0.3) is 0 Å². The van der Waals surface area contributed by atoms with Crippen LogP contribution in [0.2, 0.25) is 0 Å². The highest BCUT2D eigenvalue weighted by atomic mass is 16.5. The van der Waals surface area contributed by atoms with Crippen LogP contribution in [0.3, 0.4) is 0 Å². The molecule has 0 bridgehead atoms. The SMILES string of the molecule is CCC1CCCCN1CCOc1ccc(C=O)cc1. The van der Waals surface area contributed by atoms with Crippen LogP contribution < -0.4 is 4.74 Å². The Hall–Kier alpha value is -1.35. The normalized spacial score (nSPS) is 20.2. The minimum atomic E-state index is 0.689. The Balaban J connectivity index is 1.77. The molecule has 0 aromatic heterocycles. The molecule has 104 valence electrons. The van der Waals surface area contributed by atoms with Crippen molar-refractivity contribution in [2.75, 3.05) is 19.7 Å². The zero-order chi connectivity index (χ0) is 13.5. The van der Waals surface area contributed by atoms with E-state index in [1.54, 1.807) is 12.1 Å². The van der Waals surface area contributed by atoms with E-state index in [0.29, 0.717) is 5.56 Å². The van der Waals surface area contributed by atoms with Crippen LogP contribution in [0.25, 0.3) is 0 Å². The van der Waals surface area contributed by atoms with E-state index in [1.165, 1.54) is 32.2 Å². The van der Waals surface area contributed by atoms with Crippen molar-refractivity contribution < 1.29 is 9.53 Å². The third-order valence-electron chi connectivity index (χ3n) is 3.88. The lowest BCUT2D eigenvalue weighted by atomic mass is 10.0. The van der Waals surface area contributed by atoms with Gasteiger partial charge in [0, 0.05) is 18.2 Å². The standard InChI is InChI=1S/C16H23NO2/c1-2-15-5-3-4-10-17(15)11-12-19-16-8-6-14(13-18)7-9-16/h6-9,13,15H,2-5,10-12H2,1H3. The average molecular weight is 261 g/mol. The molecule has 1 fully saturated rings. The van der Waals surface area contributed by atoms with Crippen LogP contribution in [0.5, 0.6) is 5.75 Å². The summed E-state index contributed by atoms with van der Waals surface area (Å²) in [5.74, 6) is 0.843. The molecular formula is C16H23NO2. The summed E-state index contributed by atoms with van der Waals surface area (Å²) in [6.07, 6.45) is 6.08. The molecule has 0 amide bonds. The quantitative estimate of drug-likeness (QED) is 0.737. The molecule has 1 unspecified atom stereocenters. The van der Waals surface area contributed by atoms with Crippen LogP contribution in [0, 0.1) is 0 Å². The second-order valence-electron chi connectivity index (χ2n) is 5.13. The summed E-state index contributed by atoms with van der Waals surface area (Å²) in [5, 5.41) is 0. The second-order valence-corrected chi connectivity index (χ2v) is 5.13. The molecule has 1 aromatic carbocycles. The minimum absolute atomic E-state index is 0.689. The molecule has 0 N–H and O–H groups in total. The molecule has 1 saturated heterocycles. The van der Waals surface area contributed by atoms with Crippen molar-refractivity contribution in [2.45, 2.75) is 38.6 Å². The van der Waals surface area contributed by atoms with Gasteiger partial charge in [0.05, 0.1) is 0 Å². The highest BCUT2D eigenvalue weighted by Gasteiger charge is 2.20. The molecule has 1 aliphatic rings. The summed E-state index contributed by atoms with van der Waals surface area (Å²) in [6, 6.07) is 8.03. The molecule has 1 atom stereocenters. The highest BCUT2D eigenvalue weighted by Crippen LogP contribution is 2.19. The van der Waals surface area contributed by atoms with Crippen LogP contribution in [-0.2, 0) is 0 Å². The molecule has 1 heterocycles. The van der Waals surface area contributed by atoms with Crippen LogP contribution in [0.1, 0.15) is 43.0 Å². The van der Waals surface area contributed by atoms with Gasteiger partial charge in [0.1, 0.15) is 18.6 Å². The van der Waals surface area contributed by atoms with E-state index >= 15 is 0 Å². The molecule has 19 heavy (non-hydrogen) atoms. The molecule has 3 nitrogen and oxygen atoms in total. The Morgan fingerprint density at radius 1 is 1.32 bits per heavy atom. The zero-order valence-corrected chi connectivity index (χ0v) is 11.7. The molecule has 0 saturated carbocycles. The van der Waals surface area contributed by atoms with E-state index < -0.39 is 0 Å². The third kappa shape index (κ3) is 4.06. The Morgan fingerprint density at radius 2 is 2.11 bits per heavy atom. The van der Waals surface area contributed by atoms with Crippen molar-refractivity contribution in [1.82, 2.24) is 4.90 Å². The fraction of sp³-hybridized carbons (Fsp3) is 0.562. The predicted molar refractivity (Wildman–Crippen MR) is 76.8 cm³/mol. The largest absolute Gasteiger partial charge is 0.492 e. The van der Waals surface area contributed by atoms with Gasteiger partial charge < -0.3 is 4.74 Å². The molecule has 1 aromatic rings. The number of piperidine rings is 1. The van der Waals surface area contributed by atoms with Crippen molar-refractivity contribution in [3.05, 3.63) is 29.8 Å². The number of benzene rings is 1. The van der Waals surface area contributed by atoms with Gasteiger partial charge in [-0.25, -0.2) is 0 Å². The Bertz CT molecular complexity index is 388. The molecule has 1 aliphatic heterocycles. The molecule has 3 heteroatoms. The van der Waals surface area contributed by atoms with Crippen LogP contribution in [0.4, 0.5) is 0 Å². The lowest BCUT2D eigenvalue weighted by molar-refractivity contribution is 0.112. The molecule has 0 radical (unpaired) electrons. The Labute approximate surface area is 115 Å². The van der Waals surface area contributed by atoms with Crippen LogP contribution in [-0.4, -0.2) is 36.9 Å². The van der Waals surface area contributed by atoms with Crippen molar-refractivity contribution in [3.63, 3.8) is 0 Å². The Kier molecular flexibility index (Phi) is 5.40. The first-order chi connectivity index (χ1) is 9.33. The number of nitrogens with zero attached hydrogens (tertiary/aromatic N) is 1.